The fourth-order valence-electron chi connectivity index (χ4n) is 2.23. The Bertz CT molecular complexity index is 408. The first kappa shape index (κ1) is 12.4. The summed E-state index contributed by atoms with van der Waals surface area (Å²) < 4.78 is 25.6. The SMILES string of the molecule is O=C(O)C1CCCNC1c1cscc1C(F)F. The summed E-state index contributed by atoms with van der Waals surface area (Å²) >= 11 is 1.19. The first-order valence-corrected chi connectivity index (χ1v) is 6.36. The molecule has 0 saturated carbocycles. The molecule has 2 atom stereocenters. The number of carbonyl (C=O) groups is 1. The lowest BCUT2D eigenvalue weighted by molar-refractivity contribution is -0.143. The van der Waals surface area contributed by atoms with Crippen LogP contribution in [0.2, 0.25) is 0 Å². The van der Waals surface area contributed by atoms with E-state index in [0.717, 1.165) is 6.42 Å². The monoisotopic (exact) mass is 261 g/mol. The van der Waals surface area contributed by atoms with Crippen molar-refractivity contribution in [3.8, 4) is 0 Å². The molecule has 17 heavy (non-hydrogen) atoms. The van der Waals surface area contributed by atoms with Gasteiger partial charge >= 0.3 is 5.97 Å². The number of carboxylic acid groups (broad SMARTS) is 1. The van der Waals surface area contributed by atoms with Crippen LogP contribution >= 0.6 is 11.3 Å². The molecule has 2 heterocycles. The van der Waals surface area contributed by atoms with Crippen LogP contribution in [-0.4, -0.2) is 17.6 Å². The first-order valence-electron chi connectivity index (χ1n) is 5.41. The zero-order chi connectivity index (χ0) is 12.4. The maximum Gasteiger partial charge on any atom is 0.308 e. The van der Waals surface area contributed by atoms with Gasteiger partial charge in [-0.1, -0.05) is 0 Å². The van der Waals surface area contributed by atoms with E-state index in [2.05, 4.69) is 5.32 Å². The molecule has 1 aromatic rings. The zero-order valence-electron chi connectivity index (χ0n) is 9.03. The molecule has 3 nitrogen and oxygen atoms in total. The Hall–Kier alpha value is -1.01. The van der Waals surface area contributed by atoms with Crippen molar-refractivity contribution in [3.05, 3.63) is 21.9 Å². The summed E-state index contributed by atoms with van der Waals surface area (Å²) in [7, 11) is 0. The van der Waals surface area contributed by atoms with E-state index >= 15 is 0 Å². The molecular formula is C11H13F2NO2S. The van der Waals surface area contributed by atoms with Crippen molar-refractivity contribution >= 4 is 17.3 Å². The molecule has 0 amide bonds. The molecule has 0 radical (unpaired) electrons. The lowest BCUT2D eigenvalue weighted by atomic mass is 9.86. The highest BCUT2D eigenvalue weighted by Gasteiger charge is 2.34. The maximum absolute atomic E-state index is 12.8. The second-order valence-corrected chi connectivity index (χ2v) is 4.85. The molecular weight excluding hydrogens is 248 g/mol. The summed E-state index contributed by atoms with van der Waals surface area (Å²) in [6, 6.07) is -0.489. The average Bonchev–Trinajstić information content (AvgIpc) is 2.77. The largest absolute Gasteiger partial charge is 0.481 e. The minimum Gasteiger partial charge on any atom is -0.481 e. The second-order valence-electron chi connectivity index (χ2n) is 4.10. The van der Waals surface area contributed by atoms with Crippen molar-refractivity contribution in [1.82, 2.24) is 5.32 Å². The van der Waals surface area contributed by atoms with E-state index in [1.807, 2.05) is 0 Å². The molecule has 2 rings (SSSR count). The second kappa shape index (κ2) is 5.10. The molecule has 94 valence electrons. The van der Waals surface area contributed by atoms with Crippen LogP contribution in [-0.2, 0) is 4.79 Å². The molecule has 6 heteroatoms. The normalized spacial score (nSPS) is 25.1. The van der Waals surface area contributed by atoms with Gasteiger partial charge in [0, 0.05) is 11.6 Å². The van der Waals surface area contributed by atoms with Crippen LogP contribution < -0.4 is 5.32 Å². The molecule has 1 aromatic heterocycles. The summed E-state index contributed by atoms with van der Waals surface area (Å²) in [6.45, 7) is 0.674. The molecule has 2 unspecified atom stereocenters. The lowest BCUT2D eigenvalue weighted by Crippen LogP contribution is -2.38. The van der Waals surface area contributed by atoms with Gasteiger partial charge in [-0.05, 0) is 35.7 Å². The summed E-state index contributed by atoms with van der Waals surface area (Å²) in [4.78, 5) is 11.1. The van der Waals surface area contributed by atoms with Gasteiger partial charge in [-0.25, -0.2) is 8.78 Å². The molecule has 1 fully saturated rings. The van der Waals surface area contributed by atoms with Gasteiger partial charge in [-0.2, -0.15) is 11.3 Å². The van der Waals surface area contributed by atoms with Crippen molar-refractivity contribution < 1.29 is 18.7 Å². The minimum atomic E-state index is -2.55. The van der Waals surface area contributed by atoms with Gasteiger partial charge in [-0.15, -0.1) is 0 Å². The van der Waals surface area contributed by atoms with Gasteiger partial charge in [0.15, 0.2) is 0 Å². The summed E-state index contributed by atoms with van der Waals surface area (Å²) in [5.41, 5.74) is 0.401. The Labute approximate surface area is 101 Å². The molecule has 0 aliphatic carbocycles. The Morgan fingerprint density at radius 1 is 1.53 bits per heavy atom. The molecule has 1 saturated heterocycles. The van der Waals surface area contributed by atoms with Gasteiger partial charge in [0.25, 0.3) is 6.43 Å². The van der Waals surface area contributed by atoms with E-state index < -0.39 is 24.4 Å². The first-order chi connectivity index (χ1) is 8.11. The average molecular weight is 261 g/mol. The smallest absolute Gasteiger partial charge is 0.308 e. The van der Waals surface area contributed by atoms with Crippen molar-refractivity contribution in [2.24, 2.45) is 5.92 Å². The number of piperidine rings is 1. The number of rotatable bonds is 3. The highest BCUT2D eigenvalue weighted by Crippen LogP contribution is 2.37. The van der Waals surface area contributed by atoms with Gasteiger partial charge in [0.05, 0.1) is 5.92 Å². The fourth-order valence-corrected chi connectivity index (χ4v) is 3.11. The Morgan fingerprint density at radius 3 is 2.94 bits per heavy atom. The van der Waals surface area contributed by atoms with Gasteiger partial charge in [0.2, 0.25) is 0 Å². The van der Waals surface area contributed by atoms with Gasteiger partial charge < -0.3 is 10.4 Å². The zero-order valence-corrected chi connectivity index (χ0v) is 9.84. The number of hydrogen-bond acceptors (Lipinski definition) is 3. The number of alkyl halides is 2. The summed E-state index contributed by atoms with van der Waals surface area (Å²) in [6.07, 6.45) is -1.25. The molecule has 0 bridgehead atoms. The van der Waals surface area contributed by atoms with Crippen LogP contribution in [0, 0.1) is 5.92 Å². The number of aliphatic carboxylic acids is 1. The Balaban J connectivity index is 2.29. The van der Waals surface area contributed by atoms with Crippen LogP contribution in [0.15, 0.2) is 10.8 Å². The van der Waals surface area contributed by atoms with E-state index in [-0.39, 0.29) is 5.56 Å². The standard InChI is InChI=1S/C11H13F2NO2S/c12-10(13)8-5-17-4-7(8)9-6(11(15)16)2-1-3-14-9/h4-6,9-10,14H,1-3H2,(H,15,16). The number of nitrogens with one attached hydrogen (secondary N) is 1. The molecule has 0 aromatic carbocycles. The number of carboxylic acids is 1. The topological polar surface area (TPSA) is 49.3 Å². The van der Waals surface area contributed by atoms with E-state index in [4.69, 9.17) is 5.11 Å². The number of halogens is 2. The molecule has 0 spiro atoms. The third-order valence-electron chi connectivity index (χ3n) is 3.07. The fraction of sp³-hybridized carbons (Fsp3) is 0.545. The minimum absolute atomic E-state index is 0.0411. The van der Waals surface area contributed by atoms with Gasteiger partial charge in [-0.3, -0.25) is 4.79 Å². The third-order valence-corrected chi connectivity index (χ3v) is 3.85. The van der Waals surface area contributed by atoms with Crippen molar-refractivity contribution in [2.45, 2.75) is 25.3 Å². The maximum atomic E-state index is 12.8. The quantitative estimate of drug-likeness (QED) is 0.879. The van der Waals surface area contributed by atoms with Crippen LogP contribution in [0.25, 0.3) is 0 Å². The Kier molecular flexibility index (Phi) is 3.73. The van der Waals surface area contributed by atoms with Crippen LogP contribution in [0.3, 0.4) is 0 Å². The van der Waals surface area contributed by atoms with Gasteiger partial charge in [0.1, 0.15) is 0 Å². The predicted octanol–water partition coefficient (Wildman–Crippen LogP) is 2.81. The predicted molar refractivity (Wildman–Crippen MR) is 60.4 cm³/mol. The van der Waals surface area contributed by atoms with Crippen molar-refractivity contribution in [2.75, 3.05) is 6.54 Å². The number of thiophene rings is 1. The van der Waals surface area contributed by atoms with Crippen molar-refractivity contribution in [1.29, 1.82) is 0 Å². The highest BCUT2D eigenvalue weighted by molar-refractivity contribution is 7.08. The lowest BCUT2D eigenvalue weighted by Gasteiger charge is -2.30. The van der Waals surface area contributed by atoms with Crippen LogP contribution in [0.5, 0.6) is 0 Å². The van der Waals surface area contributed by atoms with Crippen LogP contribution in [0.4, 0.5) is 8.78 Å². The Morgan fingerprint density at radius 2 is 2.29 bits per heavy atom. The van der Waals surface area contributed by atoms with Crippen LogP contribution in [0.1, 0.15) is 36.4 Å². The molecule has 2 N–H and O–H groups in total. The van der Waals surface area contributed by atoms with Crippen molar-refractivity contribution in [3.63, 3.8) is 0 Å². The summed E-state index contributed by atoms with van der Waals surface area (Å²) in [5, 5.41) is 15.2. The molecule has 1 aliphatic rings. The van der Waals surface area contributed by atoms with E-state index in [0.29, 0.717) is 18.5 Å². The van der Waals surface area contributed by atoms with E-state index in [1.54, 1.807) is 5.38 Å². The van der Waals surface area contributed by atoms with E-state index in [1.165, 1.54) is 16.7 Å². The highest BCUT2D eigenvalue weighted by atomic mass is 32.1. The van der Waals surface area contributed by atoms with E-state index in [9.17, 15) is 13.6 Å². The third kappa shape index (κ3) is 2.47. The number of hydrogen-bond donors (Lipinski definition) is 2. The molecule has 1 aliphatic heterocycles. The summed E-state index contributed by atoms with van der Waals surface area (Å²) in [5.74, 6) is -1.54.